The third kappa shape index (κ3) is 3.55. The van der Waals surface area contributed by atoms with Crippen molar-refractivity contribution in [1.82, 2.24) is 15.2 Å². The predicted molar refractivity (Wildman–Crippen MR) is 97.6 cm³/mol. The van der Waals surface area contributed by atoms with Gasteiger partial charge in [0.05, 0.1) is 0 Å². The summed E-state index contributed by atoms with van der Waals surface area (Å²) in [5.74, 6) is 1.03. The molecule has 1 N–H and O–H groups in total. The van der Waals surface area contributed by atoms with Gasteiger partial charge in [0.25, 0.3) is 0 Å². The van der Waals surface area contributed by atoms with E-state index in [-0.39, 0.29) is 0 Å². The van der Waals surface area contributed by atoms with Crippen LogP contribution >= 0.6 is 0 Å². The molecule has 2 aliphatic rings. The van der Waals surface area contributed by atoms with Crippen molar-refractivity contribution >= 4 is 10.8 Å². The van der Waals surface area contributed by atoms with Gasteiger partial charge in [0.15, 0.2) is 0 Å². The molecular weight excluding hydrogens is 298 g/mol. The first-order chi connectivity index (χ1) is 11.8. The minimum Gasteiger partial charge on any atom is -0.490 e. The Balaban J connectivity index is 1.35. The SMILES string of the molecule is Cc1cc2cnccc2cc1OC1CCN(C[C@@H]2CCCN2)CC1. The normalized spacial score (nSPS) is 23.0. The van der Waals surface area contributed by atoms with Gasteiger partial charge in [0.1, 0.15) is 11.9 Å². The molecule has 0 saturated carbocycles. The van der Waals surface area contributed by atoms with E-state index in [1.807, 2.05) is 12.4 Å². The van der Waals surface area contributed by atoms with Gasteiger partial charge < -0.3 is 15.0 Å². The average molecular weight is 325 g/mol. The van der Waals surface area contributed by atoms with Gasteiger partial charge in [-0.15, -0.1) is 0 Å². The lowest BCUT2D eigenvalue weighted by molar-refractivity contribution is 0.0955. The standard InChI is InChI=1S/C20H27N3O/c1-15-11-17-13-21-8-4-16(17)12-20(15)24-19-5-9-23(10-6-19)14-18-3-2-7-22-18/h4,8,11-13,18-19,22H,2-3,5-7,9-10,14H2,1H3/t18-/m0/s1. The van der Waals surface area contributed by atoms with E-state index in [2.05, 4.69) is 40.3 Å². The topological polar surface area (TPSA) is 37.4 Å². The van der Waals surface area contributed by atoms with Gasteiger partial charge in [-0.25, -0.2) is 0 Å². The van der Waals surface area contributed by atoms with Crippen LogP contribution < -0.4 is 10.1 Å². The highest BCUT2D eigenvalue weighted by Gasteiger charge is 2.24. The van der Waals surface area contributed by atoms with Crippen LogP contribution in [0.3, 0.4) is 0 Å². The zero-order valence-corrected chi connectivity index (χ0v) is 14.5. The molecule has 0 unspecified atom stereocenters. The first kappa shape index (κ1) is 15.9. The summed E-state index contributed by atoms with van der Waals surface area (Å²) in [5.41, 5.74) is 1.20. The van der Waals surface area contributed by atoms with Gasteiger partial charge in [-0.3, -0.25) is 4.98 Å². The van der Waals surface area contributed by atoms with Crippen molar-refractivity contribution in [3.63, 3.8) is 0 Å². The summed E-state index contributed by atoms with van der Waals surface area (Å²) in [6.07, 6.45) is 9.03. The lowest BCUT2D eigenvalue weighted by Crippen LogP contribution is -2.44. The number of aromatic nitrogens is 1. The second kappa shape index (κ2) is 7.08. The highest BCUT2D eigenvalue weighted by Crippen LogP contribution is 2.27. The zero-order chi connectivity index (χ0) is 16.4. The first-order valence-corrected chi connectivity index (χ1v) is 9.25. The number of hydrogen-bond acceptors (Lipinski definition) is 4. The molecule has 2 aliphatic heterocycles. The first-order valence-electron chi connectivity index (χ1n) is 9.25. The second-order valence-electron chi connectivity index (χ2n) is 7.25. The van der Waals surface area contributed by atoms with Crippen LogP contribution in [-0.2, 0) is 0 Å². The molecular formula is C20H27N3O. The fourth-order valence-corrected chi connectivity index (χ4v) is 3.97. The van der Waals surface area contributed by atoms with E-state index < -0.39 is 0 Å². The third-order valence-corrected chi connectivity index (χ3v) is 5.40. The van der Waals surface area contributed by atoms with E-state index >= 15 is 0 Å². The van der Waals surface area contributed by atoms with Crippen LogP contribution in [0, 0.1) is 6.92 Å². The number of nitrogens with zero attached hydrogens (tertiary/aromatic N) is 2. The molecule has 1 aromatic carbocycles. The van der Waals surface area contributed by atoms with Gasteiger partial charge in [0, 0.05) is 43.5 Å². The Hall–Kier alpha value is -1.65. The molecule has 2 saturated heterocycles. The number of benzene rings is 1. The number of fused-ring (bicyclic) bond motifs is 1. The molecule has 24 heavy (non-hydrogen) atoms. The molecule has 1 aromatic heterocycles. The Morgan fingerprint density at radius 3 is 2.88 bits per heavy atom. The number of ether oxygens (including phenoxy) is 1. The van der Waals surface area contributed by atoms with E-state index in [0.29, 0.717) is 12.1 Å². The van der Waals surface area contributed by atoms with Gasteiger partial charge >= 0.3 is 0 Å². The number of nitrogens with one attached hydrogen (secondary N) is 1. The van der Waals surface area contributed by atoms with Crippen LogP contribution in [0.4, 0.5) is 0 Å². The quantitative estimate of drug-likeness (QED) is 0.937. The summed E-state index contributed by atoms with van der Waals surface area (Å²) in [4.78, 5) is 6.80. The van der Waals surface area contributed by atoms with Crippen LogP contribution in [0.15, 0.2) is 30.6 Å². The fourth-order valence-electron chi connectivity index (χ4n) is 3.97. The average Bonchev–Trinajstić information content (AvgIpc) is 3.10. The highest BCUT2D eigenvalue weighted by atomic mass is 16.5. The molecule has 0 radical (unpaired) electrons. The lowest BCUT2D eigenvalue weighted by atomic mass is 10.1. The van der Waals surface area contributed by atoms with Crippen molar-refractivity contribution in [3.05, 3.63) is 36.2 Å². The molecule has 4 nitrogen and oxygen atoms in total. The summed E-state index contributed by atoms with van der Waals surface area (Å²) in [5, 5.41) is 5.99. The Labute approximate surface area is 144 Å². The van der Waals surface area contributed by atoms with E-state index in [4.69, 9.17) is 4.74 Å². The highest BCUT2D eigenvalue weighted by molar-refractivity contribution is 5.84. The van der Waals surface area contributed by atoms with Gasteiger partial charge in [-0.05, 0) is 68.3 Å². The molecule has 0 bridgehead atoms. The molecule has 0 amide bonds. The fraction of sp³-hybridized carbons (Fsp3) is 0.550. The molecule has 0 aliphatic carbocycles. The zero-order valence-electron chi connectivity index (χ0n) is 14.5. The lowest BCUT2D eigenvalue weighted by Gasteiger charge is -2.33. The maximum atomic E-state index is 6.35. The molecule has 0 spiro atoms. The second-order valence-corrected chi connectivity index (χ2v) is 7.25. The molecule has 128 valence electrons. The summed E-state index contributed by atoms with van der Waals surface area (Å²) in [6.45, 7) is 6.83. The largest absolute Gasteiger partial charge is 0.490 e. The molecule has 4 rings (SSSR count). The van der Waals surface area contributed by atoms with E-state index in [0.717, 1.165) is 31.7 Å². The van der Waals surface area contributed by atoms with Crippen molar-refractivity contribution in [2.45, 2.75) is 44.8 Å². The molecule has 1 atom stereocenters. The predicted octanol–water partition coefficient (Wildman–Crippen LogP) is 3.14. The van der Waals surface area contributed by atoms with E-state index in [9.17, 15) is 0 Å². The Morgan fingerprint density at radius 2 is 2.08 bits per heavy atom. The third-order valence-electron chi connectivity index (χ3n) is 5.40. The summed E-state index contributed by atoms with van der Waals surface area (Å²) in [7, 11) is 0. The van der Waals surface area contributed by atoms with Crippen LogP contribution in [0.25, 0.3) is 10.8 Å². The summed E-state index contributed by atoms with van der Waals surface area (Å²) >= 11 is 0. The summed E-state index contributed by atoms with van der Waals surface area (Å²) < 4.78 is 6.35. The van der Waals surface area contributed by atoms with Crippen molar-refractivity contribution in [1.29, 1.82) is 0 Å². The van der Waals surface area contributed by atoms with E-state index in [1.165, 1.54) is 42.3 Å². The van der Waals surface area contributed by atoms with E-state index in [1.54, 1.807) is 0 Å². The van der Waals surface area contributed by atoms with Crippen molar-refractivity contribution in [2.75, 3.05) is 26.2 Å². The number of pyridine rings is 1. The van der Waals surface area contributed by atoms with Crippen LogP contribution in [0.2, 0.25) is 0 Å². The minimum atomic E-state index is 0.343. The molecule has 4 heteroatoms. The number of piperidine rings is 1. The number of hydrogen-bond donors (Lipinski definition) is 1. The van der Waals surface area contributed by atoms with Gasteiger partial charge in [-0.2, -0.15) is 0 Å². The van der Waals surface area contributed by atoms with Gasteiger partial charge in [-0.1, -0.05) is 0 Å². The maximum Gasteiger partial charge on any atom is 0.123 e. The number of aryl methyl sites for hydroxylation is 1. The van der Waals surface area contributed by atoms with Crippen molar-refractivity contribution < 1.29 is 4.74 Å². The molecule has 2 fully saturated rings. The van der Waals surface area contributed by atoms with Crippen molar-refractivity contribution in [2.24, 2.45) is 0 Å². The Morgan fingerprint density at radius 1 is 1.21 bits per heavy atom. The number of rotatable bonds is 4. The number of likely N-dealkylation sites (tertiary alicyclic amines) is 1. The van der Waals surface area contributed by atoms with Crippen LogP contribution in [0.1, 0.15) is 31.2 Å². The Kier molecular flexibility index (Phi) is 4.67. The van der Waals surface area contributed by atoms with Crippen LogP contribution in [-0.4, -0.2) is 48.2 Å². The van der Waals surface area contributed by atoms with Crippen molar-refractivity contribution in [3.8, 4) is 5.75 Å². The Bertz CT molecular complexity index is 688. The van der Waals surface area contributed by atoms with Gasteiger partial charge in [0.2, 0.25) is 0 Å². The molecule has 3 heterocycles. The summed E-state index contributed by atoms with van der Waals surface area (Å²) in [6, 6.07) is 7.11. The molecule has 2 aromatic rings. The maximum absolute atomic E-state index is 6.35. The smallest absolute Gasteiger partial charge is 0.123 e. The minimum absolute atomic E-state index is 0.343. The monoisotopic (exact) mass is 325 g/mol. The van der Waals surface area contributed by atoms with Crippen LogP contribution in [0.5, 0.6) is 5.75 Å².